The van der Waals surface area contributed by atoms with Crippen molar-refractivity contribution in [3.8, 4) is 12.3 Å². The average molecular weight is 163 g/mol. The molecule has 0 bridgehead atoms. The van der Waals surface area contributed by atoms with E-state index in [4.69, 9.17) is 6.42 Å². The Bertz CT molecular complexity index is 192. The third-order valence-corrected chi connectivity index (χ3v) is 2.31. The van der Waals surface area contributed by atoms with Crippen molar-refractivity contribution in [2.24, 2.45) is 0 Å². The molecule has 1 heteroatoms. The average Bonchev–Trinajstić information content (AvgIpc) is 2.06. The van der Waals surface area contributed by atoms with Gasteiger partial charge in [0.2, 0.25) is 0 Å². The van der Waals surface area contributed by atoms with Gasteiger partial charge in [0.15, 0.2) is 0 Å². The predicted molar refractivity (Wildman–Crippen MR) is 52.8 cm³/mol. The maximum absolute atomic E-state index is 5.19. The van der Waals surface area contributed by atoms with Gasteiger partial charge in [-0.05, 0) is 38.8 Å². The van der Waals surface area contributed by atoms with Crippen molar-refractivity contribution in [1.29, 1.82) is 0 Å². The largest absolute Gasteiger partial charge is 0.314 e. The molecular formula is C11H17N. The number of rotatable bonds is 2. The molecule has 1 aliphatic heterocycles. The zero-order valence-electron chi connectivity index (χ0n) is 7.77. The number of allylic oxidation sites excluding steroid dienone is 1. The Hall–Kier alpha value is -0.740. The Labute approximate surface area is 75.2 Å². The summed E-state index contributed by atoms with van der Waals surface area (Å²) in [6, 6.07) is 0.670. The molecule has 1 fully saturated rings. The van der Waals surface area contributed by atoms with Crippen molar-refractivity contribution >= 4 is 0 Å². The van der Waals surface area contributed by atoms with Crippen LogP contribution in [-0.4, -0.2) is 12.6 Å². The standard InChI is InChI=1S/C11H17N/c1-3-6-10(2)9-11-7-4-5-8-12-11/h1,6,11-12H,4-5,7-9H2,2H3. The summed E-state index contributed by atoms with van der Waals surface area (Å²) in [6.07, 6.45) is 12.2. The lowest BCUT2D eigenvalue weighted by molar-refractivity contribution is 0.399. The molecule has 1 unspecified atom stereocenters. The third-order valence-electron chi connectivity index (χ3n) is 2.31. The molecule has 0 radical (unpaired) electrons. The van der Waals surface area contributed by atoms with Gasteiger partial charge in [-0.2, -0.15) is 0 Å². The van der Waals surface area contributed by atoms with Crippen LogP contribution in [-0.2, 0) is 0 Å². The Morgan fingerprint density at radius 1 is 1.67 bits per heavy atom. The van der Waals surface area contributed by atoms with E-state index in [-0.39, 0.29) is 0 Å². The second-order valence-corrected chi connectivity index (χ2v) is 3.51. The number of nitrogens with one attached hydrogen (secondary N) is 1. The molecule has 1 rings (SSSR count). The Balaban J connectivity index is 2.30. The highest BCUT2D eigenvalue weighted by Gasteiger charge is 2.11. The SMILES string of the molecule is C#CC=C(C)CC1CCCCN1. The zero-order chi connectivity index (χ0) is 8.81. The van der Waals surface area contributed by atoms with E-state index in [0.29, 0.717) is 6.04 Å². The highest BCUT2D eigenvalue weighted by atomic mass is 14.9. The summed E-state index contributed by atoms with van der Waals surface area (Å²) < 4.78 is 0. The lowest BCUT2D eigenvalue weighted by Crippen LogP contribution is -2.33. The zero-order valence-corrected chi connectivity index (χ0v) is 7.77. The molecule has 0 aliphatic carbocycles. The minimum absolute atomic E-state index is 0.670. The van der Waals surface area contributed by atoms with Gasteiger partial charge in [-0.1, -0.05) is 17.9 Å². The number of terminal acetylenes is 1. The second kappa shape index (κ2) is 5.00. The molecule has 1 saturated heterocycles. The van der Waals surface area contributed by atoms with Gasteiger partial charge < -0.3 is 5.32 Å². The van der Waals surface area contributed by atoms with Crippen LogP contribution in [0.4, 0.5) is 0 Å². The van der Waals surface area contributed by atoms with E-state index in [2.05, 4.69) is 18.2 Å². The van der Waals surface area contributed by atoms with Crippen LogP contribution in [0.15, 0.2) is 11.6 Å². The maximum atomic E-state index is 5.19. The van der Waals surface area contributed by atoms with E-state index < -0.39 is 0 Å². The van der Waals surface area contributed by atoms with Gasteiger partial charge in [0.05, 0.1) is 0 Å². The first-order valence-electron chi connectivity index (χ1n) is 4.68. The first-order valence-corrected chi connectivity index (χ1v) is 4.68. The van der Waals surface area contributed by atoms with Crippen LogP contribution in [0.3, 0.4) is 0 Å². The van der Waals surface area contributed by atoms with Gasteiger partial charge in [-0.3, -0.25) is 0 Å². The maximum Gasteiger partial charge on any atom is 0.0104 e. The van der Waals surface area contributed by atoms with E-state index in [1.807, 2.05) is 6.08 Å². The summed E-state index contributed by atoms with van der Waals surface area (Å²) in [7, 11) is 0. The molecule has 0 spiro atoms. The van der Waals surface area contributed by atoms with Crippen molar-refractivity contribution in [3.05, 3.63) is 11.6 Å². The first-order chi connectivity index (χ1) is 5.83. The van der Waals surface area contributed by atoms with Gasteiger partial charge in [0.25, 0.3) is 0 Å². The summed E-state index contributed by atoms with van der Waals surface area (Å²) in [4.78, 5) is 0. The van der Waals surface area contributed by atoms with E-state index >= 15 is 0 Å². The number of piperidine rings is 1. The minimum Gasteiger partial charge on any atom is -0.314 e. The third kappa shape index (κ3) is 3.11. The van der Waals surface area contributed by atoms with Crippen molar-refractivity contribution in [1.82, 2.24) is 5.32 Å². The molecule has 1 heterocycles. The predicted octanol–water partition coefficient (Wildman–Crippen LogP) is 2.10. The molecule has 66 valence electrons. The summed E-state index contributed by atoms with van der Waals surface area (Å²) in [5.41, 5.74) is 1.32. The van der Waals surface area contributed by atoms with Crippen molar-refractivity contribution in [2.75, 3.05) is 6.54 Å². The lowest BCUT2D eigenvalue weighted by Gasteiger charge is -2.23. The monoisotopic (exact) mass is 163 g/mol. The van der Waals surface area contributed by atoms with Crippen LogP contribution in [0.5, 0.6) is 0 Å². The molecule has 0 saturated carbocycles. The van der Waals surface area contributed by atoms with Crippen LogP contribution in [0, 0.1) is 12.3 Å². The summed E-state index contributed by atoms with van der Waals surface area (Å²) in [6.45, 7) is 3.28. The van der Waals surface area contributed by atoms with Crippen LogP contribution in [0.2, 0.25) is 0 Å². The normalized spacial score (nSPS) is 25.0. The Morgan fingerprint density at radius 3 is 3.08 bits per heavy atom. The van der Waals surface area contributed by atoms with E-state index in [9.17, 15) is 0 Å². The fraction of sp³-hybridized carbons (Fsp3) is 0.636. The van der Waals surface area contributed by atoms with E-state index in [1.165, 1.54) is 31.4 Å². The van der Waals surface area contributed by atoms with Crippen molar-refractivity contribution in [2.45, 2.75) is 38.6 Å². The van der Waals surface area contributed by atoms with Gasteiger partial charge in [-0.25, -0.2) is 0 Å². The number of hydrogen-bond acceptors (Lipinski definition) is 1. The lowest BCUT2D eigenvalue weighted by atomic mass is 9.98. The molecule has 12 heavy (non-hydrogen) atoms. The minimum atomic E-state index is 0.670. The molecule has 0 amide bonds. The quantitative estimate of drug-likeness (QED) is 0.615. The number of hydrogen-bond donors (Lipinski definition) is 1. The van der Waals surface area contributed by atoms with Crippen LogP contribution >= 0.6 is 0 Å². The molecule has 0 aromatic carbocycles. The summed E-state index contributed by atoms with van der Waals surface area (Å²) in [5, 5.41) is 3.50. The van der Waals surface area contributed by atoms with Gasteiger partial charge in [0.1, 0.15) is 0 Å². The molecule has 1 aliphatic rings. The fourth-order valence-corrected chi connectivity index (χ4v) is 1.69. The summed E-state index contributed by atoms with van der Waals surface area (Å²) in [5.74, 6) is 2.57. The van der Waals surface area contributed by atoms with Gasteiger partial charge >= 0.3 is 0 Å². The smallest absolute Gasteiger partial charge is 0.0104 e. The van der Waals surface area contributed by atoms with Crippen molar-refractivity contribution < 1.29 is 0 Å². The van der Waals surface area contributed by atoms with Crippen LogP contribution in [0.1, 0.15) is 32.6 Å². The highest BCUT2D eigenvalue weighted by Crippen LogP contribution is 2.14. The summed E-state index contributed by atoms with van der Waals surface area (Å²) >= 11 is 0. The highest BCUT2D eigenvalue weighted by molar-refractivity contribution is 5.16. The Kier molecular flexibility index (Phi) is 3.90. The van der Waals surface area contributed by atoms with Crippen LogP contribution < -0.4 is 5.32 Å². The molecule has 1 nitrogen and oxygen atoms in total. The van der Waals surface area contributed by atoms with Gasteiger partial charge in [0, 0.05) is 6.04 Å². The first kappa shape index (κ1) is 9.35. The molecule has 0 aromatic heterocycles. The molecular weight excluding hydrogens is 146 g/mol. The molecule has 1 N–H and O–H groups in total. The topological polar surface area (TPSA) is 12.0 Å². The van der Waals surface area contributed by atoms with E-state index in [1.54, 1.807) is 0 Å². The van der Waals surface area contributed by atoms with Gasteiger partial charge in [-0.15, -0.1) is 6.42 Å². The van der Waals surface area contributed by atoms with E-state index in [0.717, 1.165) is 6.42 Å². The molecule has 1 atom stereocenters. The second-order valence-electron chi connectivity index (χ2n) is 3.51. The fourth-order valence-electron chi connectivity index (χ4n) is 1.69. The molecule has 0 aromatic rings. The van der Waals surface area contributed by atoms with Crippen LogP contribution in [0.25, 0.3) is 0 Å². The Morgan fingerprint density at radius 2 is 2.50 bits per heavy atom. The van der Waals surface area contributed by atoms with Crippen molar-refractivity contribution in [3.63, 3.8) is 0 Å².